The van der Waals surface area contributed by atoms with Crippen LogP contribution in [0.2, 0.25) is 0 Å². The topological polar surface area (TPSA) is 40.6 Å². The van der Waals surface area contributed by atoms with Crippen molar-refractivity contribution in [1.29, 1.82) is 0 Å². The molecule has 2 saturated heterocycles. The molecule has 0 spiro atoms. The molecule has 3 atom stereocenters. The third kappa shape index (κ3) is 2.80. The summed E-state index contributed by atoms with van der Waals surface area (Å²) < 4.78 is 0. The minimum Gasteiger partial charge on any atom is -0.291 e. The number of carbonyl (C=O) groups excluding carboxylic acids is 2. The zero-order valence-corrected chi connectivity index (χ0v) is 13.6. The van der Waals surface area contributed by atoms with Gasteiger partial charge in [-0.2, -0.15) is 0 Å². The predicted molar refractivity (Wildman–Crippen MR) is 86.6 cm³/mol. The normalized spacial score (nSPS) is 30.1. The molecule has 2 aliphatic rings. The summed E-state index contributed by atoms with van der Waals surface area (Å²) in [4.78, 5) is 28.7. The van der Waals surface area contributed by atoms with Crippen molar-refractivity contribution in [2.24, 2.45) is 11.8 Å². The Morgan fingerprint density at radius 1 is 1.00 bits per heavy atom. The molecule has 3 unspecified atom stereocenters. The number of likely N-dealkylation sites (tertiary alicyclic amines) is 1. The first-order chi connectivity index (χ1) is 10.5. The number of benzene rings is 1. The summed E-state index contributed by atoms with van der Waals surface area (Å²) in [5.41, 5.74) is 1.82. The Balaban J connectivity index is 1.80. The Kier molecular flexibility index (Phi) is 4.04. The van der Waals surface area contributed by atoms with Gasteiger partial charge in [0.25, 0.3) is 5.91 Å². The molecule has 2 aliphatic heterocycles. The number of nitrogens with zero attached hydrogens (tertiary/aromatic N) is 2. The Hall–Kier alpha value is -1.68. The van der Waals surface area contributed by atoms with E-state index in [0.29, 0.717) is 23.9 Å². The van der Waals surface area contributed by atoms with Crippen molar-refractivity contribution in [3.8, 4) is 0 Å². The Morgan fingerprint density at radius 2 is 1.59 bits per heavy atom. The molecule has 22 heavy (non-hydrogen) atoms. The Labute approximate surface area is 132 Å². The van der Waals surface area contributed by atoms with Crippen LogP contribution in [0.5, 0.6) is 0 Å². The quantitative estimate of drug-likeness (QED) is 0.788. The third-order valence-corrected chi connectivity index (χ3v) is 4.75. The highest BCUT2D eigenvalue weighted by Crippen LogP contribution is 2.30. The van der Waals surface area contributed by atoms with E-state index < -0.39 is 0 Å². The molecule has 2 amide bonds. The van der Waals surface area contributed by atoms with Crippen LogP contribution < -0.4 is 4.90 Å². The second-order valence-corrected chi connectivity index (χ2v) is 7.02. The number of rotatable bonds is 2. The number of amides is 2. The maximum atomic E-state index is 12.8. The molecule has 118 valence electrons. The van der Waals surface area contributed by atoms with Crippen LogP contribution in [0.1, 0.15) is 32.3 Å². The van der Waals surface area contributed by atoms with E-state index in [4.69, 9.17) is 0 Å². The van der Waals surface area contributed by atoms with E-state index in [1.165, 1.54) is 11.3 Å². The van der Waals surface area contributed by atoms with Crippen molar-refractivity contribution in [2.45, 2.75) is 39.7 Å². The summed E-state index contributed by atoms with van der Waals surface area (Å²) in [7, 11) is 0. The van der Waals surface area contributed by atoms with Crippen LogP contribution in [-0.2, 0) is 9.59 Å². The molecule has 2 heterocycles. The van der Waals surface area contributed by atoms with Gasteiger partial charge in [0.15, 0.2) is 0 Å². The lowest BCUT2D eigenvalue weighted by molar-refractivity contribution is -0.123. The Bertz CT molecular complexity index is 571. The first-order valence-electron chi connectivity index (χ1n) is 8.13. The fourth-order valence-electron chi connectivity index (χ4n) is 3.83. The van der Waals surface area contributed by atoms with E-state index in [9.17, 15) is 9.59 Å². The molecule has 1 aromatic rings. The number of aryl methyl sites for hydroxylation is 1. The fraction of sp³-hybridized carbons (Fsp3) is 0.556. The number of carbonyl (C=O) groups is 2. The summed E-state index contributed by atoms with van der Waals surface area (Å²) in [6, 6.07) is 7.31. The maximum Gasteiger partial charge on any atom is 0.251 e. The van der Waals surface area contributed by atoms with Gasteiger partial charge in [-0.3, -0.25) is 14.5 Å². The van der Waals surface area contributed by atoms with Gasteiger partial charge in [0.05, 0.1) is 18.2 Å². The molecule has 0 N–H and O–H groups in total. The van der Waals surface area contributed by atoms with Gasteiger partial charge in [-0.25, -0.2) is 4.90 Å². The average molecular weight is 300 g/mol. The van der Waals surface area contributed by atoms with Crippen molar-refractivity contribution in [1.82, 2.24) is 4.90 Å². The van der Waals surface area contributed by atoms with E-state index in [-0.39, 0.29) is 17.9 Å². The molecular formula is C18H24N2O2. The highest BCUT2D eigenvalue weighted by Gasteiger charge is 2.44. The fourth-order valence-corrected chi connectivity index (χ4v) is 3.83. The maximum absolute atomic E-state index is 12.8. The van der Waals surface area contributed by atoms with Gasteiger partial charge >= 0.3 is 0 Å². The van der Waals surface area contributed by atoms with Crippen LogP contribution in [-0.4, -0.2) is 35.8 Å². The third-order valence-electron chi connectivity index (χ3n) is 4.75. The minimum absolute atomic E-state index is 0.0600. The molecule has 4 nitrogen and oxygen atoms in total. The van der Waals surface area contributed by atoms with Gasteiger partial charge in [0, 0.05) is 13.1 Å². The molecule has 0 saturated carbocycles. The van der Waals surface area contributed by atoms with Crippen molar-refractivity contribution < 1.29 is 9.59 Å². The summed E-state index contributed by atoms with van der Waals surface area (Å²) in [6.07, 6.45) is 1.51. The van der Waals surface area contributed by atoms with Crippen molar-refractivity contribution in [2.75, 3.05) is 18.0 Å². The molecule has 4 heteroatoms. The average Bonchev–Trinajstić information content (AvgIpc) is 2.74. The standard InChI is InChI=1S/C18H24N2O2/c1-12-4-6-15(7-5-12)20-17(21)9-16(18(20)22)19-10-13(2)8-14(3)11-19/h4-7,13-14,16H,8-11H2,1-3H3. The van der Waals surface area contributed by atoms with Crippen LogP contribution in [0, 0.1) is 18.8 Å². The monoisotopic (exact) mass is 300 g/mol. The van der Waals surface area contributed by atoms with Gasteiger partial charge in [-0.15, -0.1) is 0 Å². The summed E-state index contributed by atoms with van der Waals surface area (Å²) in [5, 5.41) is 0. The zero-order valence-electron chi connectivity index (χ0n) is 13.6. The highest BCUT2D eigenvalue weighted by atomic mass is 16.2. The molecule has 1 aromatic carbocycles. The van der Waals surface area contributed by atoms with Gasteiger partial charge in [-0.1, -0.05) is 31.5 Å². The van der Waals surface area contributed by atoms with E-state index in [0.717, 1.165) is 18.7 Å². The lowest BCUT2D eigenvalue weighted by Crippen LogP contribution is -2.48. The highest BCUT2D eigenvalue weighted by molar-refractivity contribution is 6.22. The Morgan fingerprint density at radius 3 is 2.18 bits per heavy atom. The van der Waals surface area contributed by atoms with Gasteiger partial charge in [-0.05, 0) is 37.3 Å². The molecular weight excluding hydrogens is 276 g/mol. The molecule has 2 fully saturated rings. The van der Waals surface area contributed by atoms with Crippen molar-refractivity contribution in [3.05, 3.63) is 29.8 Å². The van der Waals surface area contributed by atoms with Crippen molar-refractivity contribution >= 4 is 17.5 Å². The van der Waals surface area contributed by atoms with Crippen LogP contribution in [0.4, 0.5) is 5.69 Å². The largest absolute Gasteiger partial charge is 0.291 e. The number of imide groups is 1. The second-order valence-electron chi connectivity index (χ2n) is 7.02. The molecule has 0 aliphatic carbocycles. The first kappa shape index (κ1) is 15.2. The lowest BCUT2D eigenvalue weighted by atomic mass is 9.90. The summed E-state index contributed by atoms with van der Waals surface area (Å²) in [5.74, 6) is 1.03. The zero-order chi connectivity index (χ0) is 15.9. The SMILES string of the molecule is Cc1ccc(N2C(=O)CC(N3CC(C)CC(C)C3)C2=O)cc1. The smallest absolute Gasteiger partial charge is 0.251 e. The summed E-state index contributed by atoms with van der Waals surface area (Å²) in [6.45, 7) is 8.27. The second kappa shape index (κ2) is 5.84. The van der Waals surface area contributed by atoms with Gasteiger partial charge in [0.2, 0.25) is 5.91 Å². The van der Waals surface area contributed by atoms with E-state index in [1.807, 2.05) is 31.2 Å². The van der Waals surface area contributed by atoms with E-state index in [2.05, 4.69) is 18.7 Å². The number of anilines is 1. The molecule has 3 rings (SSSR count). The van der Waals surface area contributed by atoms with Crippen LogP contribution in [0.3, 0.4) is 0 Å². The number of hydrogen-bond donors (Lipinski definition) is 0. The summed E-state index contributed by atoms with van der Waals surface area (Å²) >= 11 is 0. The first-order valence-corrected chi connectivity index (χ1v) is 8.13. The predicted octanol–water partition coefficient (Wildman–Crippen LogP) is 2.60. The lowest BCUT2D eigenvalue weighted by Gasteiger charge is -2.37. The van der Waals surface area contributed by atoms with Crippen LogP contribution in [0.25, 0.3) is 0 Å². The molecule has 0 bridgehead atoms. The van der Waals surface area contributed by atoms with E-state index in [1.54, 1.807) is 0 Å². The van der Waals surface area contributed by atoms with Crippen LogP contribution in [0.15, 0.2) is 24.3 Å². The minimum atomic E-state index is -0.279. The number of hydrogen-bond acceptors (Lipinski definition) is 3. The van der Waals surface area contributed by atoms with Crippen LogP contribution >= 0.6 is 0 Å². The van der Waals surface area contributed by atoms with Crippen molar-refractivity contribution in [3.63, 3.8) is 0 Å². The van der Waals surface area contributed by atoms with Gasteiger partial charge in [0.1, 0.15) is 0 Å². The molecule has 0 radical (unpaired) electrons. The number of piperidine rings is 1. The van der Waals surface area contributed by atoms with Gasteiger partial charge < -0.3 is 0 Å². The van der Waals surface area contributed by atoms with E-state index >= 15 is 0 Å². The molecule has 0 aromatic heterocycles.